The number of anilines is 1. The van der Waals surface area contributed by atoms with Gasteiger partial charge in [-0.15, -0.1) is 5.10 Å². The van der Waals surface area contributed by atoms with Crippen molar-refractivity contribution in [3.63, 3.8) is 0 Å². The van der Waals surface area contributed by atoms with Gasteiger partial charge in [0.15, 0.2) is 5.82 Å². The third-order valence-electron chi connectivity index (χ3n) is 3.89. The summed E-state index contributed by atoms with van der Waals surface area (Å²) in [7, 11) is 0. The van der Waals surface area contributed by atoms with Gasteiger partial charge in [-0.1, -0.05) is 24.3 Å². The fourth-order valence-corrected chi connectivity index (χ4v) is 2.57. The van der Waals surface area contributed by atoms with Crippen LogP contribution in [0.4, 0.5) is 10.1 Å². The molecular formula is C17H16FN5. The molecule has 0 spiro atoms. The molecule has 116 valence electrons. The largest absolute Gasteiger partial charge is 0.381 e. The van der Waals surface area contributed by atoms with Crippen LogP contribution in [0.2, 0.25) is 0 Å². The minimum Gasteiger partial charge on any atom is -0.381 e. The molecule has 1 aromatic heterocycles. The number of tetrazole rings is 1. The predicted molar refractivity (Wildman–Crippen MR) is 85.3 cm³/mol. The molecule has 2 aromatic carbocycles. The molecule has 0 bridgehead atoms. The number of hydrogen-bond donors (Lipinski definition) is 1. The Bertz CT molecular complexity index is 825. The first kappa shape index (κ1) is 13.9. The average Bonchev–Trinajstić information content (AvgIpc) is 3.30. The van der Waals surface area contributed by atoms with Crippen LogP contribution >= 0.6 is 0 Å². The molecule has 1 aliphatic carbocycles. The summed E-state index contributed by atoms with van der Waals surface area (Å²) < 4.78 is 15.1. The van der Waals surface area contributed by atoms with Crippen molar-refractivity contribution >= 4 is 5.69 Å². The lowest BCUT2D eigenvalue weighted by Gasteiger charge is -2.09. The molecule has 5 nitrogen and oxygen atoms in total. The van der Waals surface area contributed by atoms with Crippen LogP contribution in [-0.2, 0) is 6.54 Å². The molecular weight excluding hydrogens is 293 g/mol. The Labute approximate surface area is 133 Å². The maximum atomic E-state index is 13.2. The second-order valence-electron chi connectivity index (χ2n) is 5.74. The molecule has 0 radical (unpaired) electrons. The lowest BCUT2D eigenvalue weighted by molar-refractivity contribution is 0.615. The van der Waals surface area contributed by atoms with E-state index in [2.05, 4.69) is 20.8 Å². The maximum absolute atomic E-state index is 13.2. The third-order valence-corrected chi connectivity index (χ3v) is 3.89. The highest BCUT2D eigenvalue weighted by Gasteiger charge is 2.28. The average molecular weight is 309 g/mol. The van der Waals surface area contributed by atoms with E-state index in [4.69, 9.17) is 0 Å². The van der Waals surface area contributed by atoms with E-state index in [1.165, 1.54) is 12.1 Å². The lowest BCUT2D eigenvalue weighted by Crippen LogP contribution is -2.02. The highest BCUT2D eigenvalue weighted by atomic mass is 19.1. The number of benzene rings is 2. The molecule has 6 heteroatoms. The SMILES string of the molecule is Fc1cccc(CNc2cccc(-c3nnnn3C3CC3)c2)c1. The van der Waals surface area contributed by atoms with Gasteiger partial charge in [-0.05, 0) is 53.1 Å². The van der Waals surface area contributed by atoms with E-state index in [9.17, 15) is 4.39 Å². The summed E-state index contributed by atoms with van der Waals surface area (Å²) >= 11 is 0. The number of hydrogen-bond acceptors (Lipinski definition) is 4. The van der Waals surface area contributed by atoms with Crippen molar-refractivity contribution < 1.29 is 4.39 Å². The van der Waals surface area contributed by atoms with E-state index in [0.29, 0.717) is 12.6 Å². The molecule has 0 saturated heterocycles. The quantitative estimate of drug-likeness (QED) is 0.784. The Kier molecular flexibility index (Phi) is 3.49. The zero-order valence-corrected chi connectivity index (χ0v) is 12.5. The summed E-state index contributed by atoms with van der Waals surface area (Å²) in [6.07, 6.45) is 2.27. The van der Waals surface area contributed by atoms with Gasteiger partial charge in [0.1, 0.15) is 5.82 Å². The molecule has 0 amide bonds. The van der Waals surface area contributed by atoms with Crippen LogP contribution < -0.4 is 5.32 Å². The Morgan fingerprint density at radius 3 is 2.83 bits per heavy atom. The first-order valence-corrected chi connectivity index (χ1v) is 7.66. The third kappa shape index (κ3) is 3.06. The summed E-state index contributed by atoms with van der Waals surface area (Å²) in [5, 5.41) is 15.3. The fraction of sp³-hybridized carbons (Fsp3) is 0.235. The minimum absolute atomic E-state index is 0.221. The number of rotatable bonds is 5. The standard InChI is InChI=1S/C17H16FN5/c18-14-5-1-3-12(9-14)11-19-15-6-2-4-13(10-15)17-20-21-22-23(17)16-7-8-16/h1-6,9-10,16,19H,7-8,11H2. The number of nitrogens with one attached hydrogen (secondary N) is 1. The van der Waals surface area contributed by atoms with Gasteiger partial charge < -0.3 is 5.32 Å². The van der Waals surface area contributed by atoms with Crippen molar-refractivity contribution in [3.05, 3.63) is 59.9 Å². The molecule has 1 aliphatic rings. The van der Waals surface area contributed by atoms with Crippen molar-refractivity contribution in [2.75, 3.05) is 5.32 Å². The smallest absolute Gasteiger partial charge is 0.182 e. The highest BCUT2D eigenvalue weighted by Crippen LogP contribution is 2.36. The molecule has 0 unspecified atom stereocenters. The van der Waals surface area contributed by atoms with Crippen LogP contribution in [0, 0.1) is 5.82 Å². The van der Waals surface area contributed by atoms with E-state index >= 15 is 0 Å². The molecule has 3 aromatic rings. The van der Waals surface area contributed by atoms with Crippen molar-refractivity contribution in [2.45, 2.75) is 25.4 Å². The molecule has 1 N–H and O–H groups in total. The van der Waals surface area contributed by atoms with E-state index in [1.54, 1.807) is 6.07 Å². The Morgan fingerprint density at radius 1 is 1.13 bits per heavy atom. The van der Waals surface area contributed by atoms with Crippen LogP contribution in [0.3, 0.4) is 0 Å². The van der Waals surface area contributed by atoms with E-state index < -0.39 is 0 Å². The van der Waals surface area contributed by atoms with Gasteiger partial charge in [0, 0.05) is 17.8 Å². The summed E-state index contributed by atoms with van der Waals surface area (Å²) in [6, 6.07) is 15.0. The van der Waals surface area contributed by atoms with Gasteiger partial charge in [-0.2, -0.15) is 0 Å². The van der Waals surface area contributed by atoms with Crippen LogP contribution in [0.25, 0.3) is 11.4 Å². The zero-order chi connectivity index (χ0) is 15.6. The summed E-state index contributed by atoms with van der Waals surface area (Å²) in [5.41, 5.74) is 2.83. The topological polar surface area (TPSA) is 55.6 Å². The molecule has 23 heavy (non-hydrogen) atoms. The first-order chi connectivity index (χ1) is 11.3. The van der Waals surface area contributed by atoms with Gasteiger partial charge >= 0.3 is 0 Å². The van der Waals surface area contributed by atoms with Crippen molar-refractivity contribution in [3.8, 4) is 11.4 Å². The van der Waals surface area contributed by atoms with Crippen molar-refractivity contribution in [1.82, 2.24) is 20.2 Å². The van der Waals surface area contributed by atoms with Crippen LogP contribution in [0.5, 0.6) is 0 Å². The van der Waals surface area contributed by atoms with Gasteiger partial charge in [0.2, 0.25) is 0 Å². The number of nitrogens with zero attached hydrogens (tertiary/aromatic N) is 4. The second kappa shape index (κ2) is 5.79. The fourth-order valence-electron chi connectivity index (χ4n) is 2.57. The van der Waals surface area contributed by atoms with Gasteiger partial charge in [-0.25, -0.2) is 9.07 Å². The summed E-state index contributed by atoms with van der Waals surface area (Å²) in [6.45, 7) is 0.564. The van der Waals surface area contributed by atoms with Gasteiger partial charge in [0.25, 0.3) is 0 Å². The Hall–Kier alpha value is -2.76. The van der Waals surface area contributed by atoms with Crippen molar-refractivity contribution in [1.29, 1.82) is 0 Å². The van der Waals surface area contributed by atoms with Crippen LogP contribution in [-0.4, -0.2) is 20.2 Å². The second-order valence-corrected chi connectivity index (χ2v) is 5.74. The van der Waals surface area contributed by atoms with Crippen LogP contribution in [0.1, 0.15) is 24.4 Å². The van der Waals surface area contributed by atoms with E-state index in [-0.39, 0.29) is 5.82 Å². The number of aromatic nitrogens is 4. The monoisotopic (exact) mass is 309 g/mol. The lowest BCUT2D eigenvalue weighted by atomic mass is 10.1. The predicted octanol–water partition coefficient (Wildman–Crippen LogP) is 3.43. The van der Waals surface area contributed by atoms with Gasteiger partial charge in [0.05, 0.1) is 6.04 Å². The normalized spacial score (nSPS) is 14.0. The highest BCUT2D eigenvalue weighted by molar-refractivity contribution is 5.62. The summed E-state index contributed by atoms with van der Waals surface area (Å²) in [5.74, 6) is 0.573. The minimum atomic E-state index is -0.221. The molecule has 0 aliphatic heterocycles. The Morgan fingerprint density at radius 2 is 2.00 bits per heavy atom. The maximum Gasteiger partial charge on any atom is 0.182 e. The van der Waals surface area contributed by atoms with Gasteiger partial charge in [-0.3, -0.25) is 0 Å². The summed E-state index contributed by atoms with van der Waals surface area (Å²) in [4.78, 5) is 0. The molecule has 1 heterocycles. The molecule has 1 fully saturated rings. The molecule has 0 atom stereocenters. The zero-order valence-electron chi connectivity index (χ0n) is 12.5. The number of halogens is 1. The molecule has 4 rings (SSSR count). The Balaban J connectivity index is 1.53. The van der Waals surface area contributed by atoms with E-state index in [0.717, 1.165) is 35.5 Å². The van der Waals surface area contributed by atoms with Crippen LogP contribution in [0.15, 0.2) is 48.5 Å². The molecule has 1 saturated carbocycles. The first-order valence-electron chi connectivity index (χ1n) is 7.66. The van der Waals surface area contributed by atoms with E-state index in [1.807, 2.05) is 35.0 Å². The van der Waals surface area contributed by atoms with Crippen molar-refractivity contribution in [2.24, 2.45) is 0 Å².